The van der Waals surface area contributed by atoms with Gasteiger partial charge in [0, 0.05) is 16.6 Å². The van der Waals surface area contributed by atoms with E-state index in [1.165, 1.54) is 0 Å². The number of carboxylic acid groups (broad SMARTS) is 1. The van der Waals surface area contributed by atoms with Crippen LogP contribution in [0.4, 0.5) is 0 Å². The largest absolute Gasteiger partial charge is 0.481 e. The maximum absolute atomic E-state index is 11.8. The van der Waals surface area contributed by atoms with Gasteiger partial charge in [-0.15, -0.1) is 0 Å². The van der Waals surface area contributed by atoms with Crippen molar-refractivity contribution in [1.82, 2.24) is 5.32 Å². The third kappa shape index (κ3) is 4.91. The normalized spacial score (nSPS) is 11.7. The Labute approximate surface area is 142 Å². The number of carboxylic acids is 1. The molecule has 0 aliphatic carbocycles. The molecule has 3 N–H and O–H groups in total. The summed E-state index contributed by atoms with van der Waals surface area (Å²) in [5.74, 6) is -1.30. The quantitative estimate of drug-likeness (QED) is 0.722. The van der Waals surface area contributed by atoms with Gasteiger partial charge in [-0.25, -0.2) is 0 Å². The Morgan fingerprint density at radius 3 is 2.39 bits per heavy atom. The van der Waals surface area contributed by atoms with E-state index in [0.29, 0.717) is 11.1 Å². The SMILES string of the molecule is O=C(O)CCNC(=O)c1ccc(C(O)c2cccc(Br)c2)cc1. The van der Waals surface area contributed by atoms with E-state index in [1.807, 2.05) is 24.3 Å². The molecule has 0 saturated heterocycles. The van der Waals surface area contributed by atoms with Gasteiger partial charge in [-0.3, -0.25) is 9.59 Å². The van der Waals surface area contributed by atoms with Crippen molar-refractivity contribution in [3.8, 4) is 0 Å². The summed E-state index contributed by atoms with van der Waals surface area (Å²) in [6.45, 7) is 0.0799. The Balaban J connectivity index is 2.04. The topological polar surface area (TPSA) is 86.6 Å². The number of carbonyl (C=O) groups excluding carboxylic acids is 1. The highest BCUT2D eigenvalue weighted by Gasteiger charge is 2.12. The van der Waals surface area contributed by atoms with Crippen molar-refractivity contribution in [1.29, 1.82) is 0 Å². The highest BCUT2D eigenvalue weighted by Crippen LogP contribution is 2.24. The summed E-state index contributed by atoms with van der Waals surface area (Å²) in [5.41, 5.74) is 1.84. The summed E-state index contributed by atoms with van der Waals surface area (Å²) < 4.78 is 0.878. The highest BCUT2D eigenvalue weighted by molar-refractivity contribution is 9.10. The molecular formula is C17H16BrNO4. The number of aliphatic carboxylic acids is 1. The molecule has 23 heavy (non-hydrogen) atoms. The van der Waals surface area contributed by atoms with Crippen LogP contribution in [0.2, 0.25) is 0 Å². The first kappa shape index (κ1) is 17.2. The molecule has 1 amide bonds. The van der Waals surface area contributed by atoms with Gasteiger partial charge in [0.25, 0.3) is 5.91 Å². The Kier molecular flexibility index (Phi) is 5.90. The van der Waals surface area contributed by atoms with Crippen LogP contribution in [-0.4, -0.2) is 28.6 Å². The molecule has 0 aliphatic heterocycles. The molecule has 2 aromatic rings. The van der Waals surface area contributed by atoms with Gasteiger partial charge in [-0.1, -0.05) is 40.2 Å². The maximum Gasteiger partial charge on any atom is 0.305 e. The summed E-state index contributed by atoms with van der Waals surface area (Å²) in [6, 6.07) is 13.9. The molecule has 120 valence electrons. The third-order valence-corrected chi connectivity index (χ3v) is 3.77. The third-order valence-electron chi connectivity index (χ3n) is 3.28. The molecular weight excluding hydrogens is 362 g/mol. The number of nitrogens with one attached hydrogen (secondary N) is 1. The molecule has 0 aromatic heterocycles. The van der Waals surface area contributed by atoms with Crippen LogP contribution < -0.4 is 5.32 Å². The van der Waals surface area contributed by atoms with Crippen LogP contribution in [0, 0.1) is 0 Å². The standard InChI is InChI=1S/C17H16BrNO4/c18-14-3-1-2-13(10-14)16(22)11-4-6-12(7-5-11)17(23)19-9-8-15(20)21/h1-7,10,16,22H,8-9H2,(H,19,23)(H,20,21). The van der Waals surface area contributed by atoms with Gasteiger partial charge in [0.1, 0.15) is 6.10 Å². The molecule has 0 radical (unpaired) electrons. The summed E-state index contributed by atoms with van der Waals surface area (Å²) in [4.78, 5) is 22.3. The van der Waals surface area contributed by atoms with Gasteiger partial charge in [0.15, 0.2) is 0 Å². The minimum Gasteiger partial charge on any atom is -0.481 e. The Bertz CT molecular complexity index is 700. The number of halogens is 1. The molecule has 1 unspecified atom stereocenters. The van der Waals surface area contributed by atoms with E-state index in [-0.39, 0.29) is 18.9 Å². The number of hydrogen-bond donors (Lipinski definition) is 3. The molecule has 0 bridgehead atoms. The summed E-state index contributed by atoms with van der Waals surface area (Å²) in [5, 5.41) is 21.4. The van der Waals surface area contributed by atoms with E-state index in [0.717, 1.165) is 10.0 Å². The van der Waals surface area contributed by atoms with Crippen molar-refractivity contribution in [3.05, 3.63) is 69.7 Å². The fourth-order valence-electron chi connectivity index (χ4n) is 2.07. The number of carbonyl (C=O) groups is 2. The predicted octanol–water partition coefficient (Wildman–Crippen LogP) is 2.74. The summed E-state index contributed by atoms with van der Waals surface area (Å²) in [6.07, 6.45) is -0.901. The average Bonchev–Trinajstić information content (AvgIpc) is 2.54. The van der Waals surface area contributed by atoms with Crippen molar-refractivity contribution in [3.63, 3.8) is 0 Å². The number of benzene rings is 2. The molecule has 1 atom stereocenters. The molecule has 5 nitrogen and oxygen atoms in total. The molecule has 0 saturated carbocycles. The lowest BCUT2D eigenvalue weighted by atomic mass is 10.0. The van der Waals surface area contributed by atoms with Gasteiger partial charge in [0.05, 0.1) is 6.42 Å². The van der Waals surface area contributed by atoms with Crippen molar-refractivity contribution in [2.24, 2.45) is 0 Å². The highest BCUT2D eigenvalue weighted by atomic mass is 79.9. The molecule has 0 aliphatic rings. The predicted molar refractivity (Wildman–Crippen MR) is 89.2 cm³/mol. The number of hydrogen-bond acceptors (Lipinski definition) is 3. The summed E-state index contributed by atoms with van der Waals surface area (Å²) in [7, 11) is 0. The van der Waals surface area contributed by atoms with E-state index < -0.39 is 12.1 Å². The van der Waals surface area contributed by atoms with Crippen LogP contribution in [0.5, 0.6) is 0 Å². The Morgan fingerprint density at radius 1 is 1.09 bits per heavy atom. The van der Waals surface area contributed by atoms with Crippen molar-refractivity contribution in [2.45, 2.75) is 12.5 Å². The molecule has 0 spiro atoms. The van der Waals surface area contributed by atoms with Crippen LogP contribution in [0.25, 0.3) is 0 Å². The van der Waals surface area contributed by atoms with Gasteiger partial charge in [0.2, 0.25) is 0 Å². The second-order valence-corrected chi connectivity index (χ2v) is 5.89. The number of amides is 1. The van der Waals surface area contributed by atoms with Gasteiger partial charge in [-0.2, -0.15) is 0 Å². The Hall–Kier alpha value is -2.18. The second kappa shape index (κ2) is 7.89. The minimum atomic E-state index is -0.960. The molecule has 2 aromatic carbocycles. The fourth-order valence-corrected chi connectivity index (χ4v) is 2.49. The lowest BCUT2D eigenvalue weighted by Crippen LogP contribution is -2.25. The van der Waals surface area contributed by atoms with E-state index in [4.69, 9.17) is 5.11 Å². The van der Waals surface area contributed by atoms with Gasteiger partial charge in [-0.05, 0) is 35.4 Å². The van der Waals surface area contributed by atoms with Crippen molar-refractivity contribution < 1.29 is 19.8 Å². The Morgan fingerprint density at radius 2 is 1.78 bits per heavy atom. The summed E-state index contributed by atoms with van der Waals surface area (Å²) >= 11 is 3.36. The molecule has 0 heterocycles. The number of aliphatic hydroxyl groups is 1. The first-order chi connectivity index (χ1) is 11.0. The zero-order chi connectivity index (χ0) is 16.8. The second-order valence-electron chi connectivity index (χ2n) is 4.98. The zero-order valence-corrected chi connectivity index (χ0v) is 13.8. The van der Waals surface area contributed by atoms with Gasteiger partial charge >= 0.3 is 5.97 Å². The van der Waals surface area contributed by atoms with Crippen LogP contribution in [0.1, 0.15) is 34.0 Å². The molecule has 2 rings (SSSR count). The smallest absolute Gasteiger partial charge is 0.305 e. The number of aliphatic hydroxyl groups excluding tert-OH is 1. The lowest BCUT2D eigenvalue weighted by Gasteiger charge is -2.12. The lowest BCUT2D eigenvalue weighted by molar-refractivity contribution is -0.136. The monoisotopic (exact) mass is 377 g/mol. The first-order valence-electron chi connectivity index (χ1n) is 7.01. The fraction of sp³-hybridized carbons (Fsp3) is 0.176. The minimum absolute atomic E-state index is 0.0799. The van der Waals surface area contributed by atoms with E-state index >= 15 is 0 Å². The number of rotatable bonds is 6. The first-order valence-corrected chi connectivity index (χ1v) is 7.80. The molecule has 6 heteroatoms. The van der Waals surface area contributed by atoms with E-state index in [2.05, 4.69) is 21.2 Å². The van der Waals surface area contributed by atoms with Crippen LogP contribution in [-0.2, 0) is 4.79 Å². The van der Waals surface area contributed by atoms with Crippen LogP contribution in [0.3, 0.4) is 0 Å². The molecule has 0 fully saturated rings. The van der Waals surface area contributed by atoms with Crippen LogP contribution >= 0.6 is 15.9 Å². The van der Waals surface area contributed by atoms with Crippen molar-refractivity contribution >= 4 is 27.8 Å². The average molecular weight is 378 g/mol. The maximum atomic E-state index is 11.8. The van der Waals surface area contributed by atoms with E-state index in [9.17, 15) is 14.7 Å². The van der Waals surface area contributed by atoms with Crippen LogP contribution in [0.15, 0.2) is 53.0 Å². The van der Waals surface area contributed by atoms with Crippen molar-refractivity contribution in [2.75, 3.05) is 6.54 Å². The zero-order valence-electron chi connectivity index (χ0n) is 12.2. The van der Waals surface area contributed by atoms with E-state index in [1.54, 1.807) is 24.3 Å². The van der Waals surface area contributed by atoms with Gasteiger partial charge < -0.3 is 15.5 Å².